The van der Waals surface area contributed by atoms with Gasteiger partial charge in [0, 0.05) is 12.8 Å². The van der Waals surface area contributed by atoms with Crippen LogP contribution in [0.15, 0.2) is 24.3 Å². The Hall–Kier alpha value is -1.66. The fraction of sp³-hybridized carbons (Fsp3) is 0.880. The maximum absolute atomic E-state index is 12.4. The molecule has 330 valence electrons. The molecule has 0 saturated carbocycles. The molecule has 0 aliphatic rings. The normalized spacial score (nSPS) is 12.9. The van der Waals surface area contributed by atoms with E-state index >= 15 is 0 Å². The fourth-order valence-corrected chi connectivity index (χ4v) is 7.43. The van der Waals surface area contributed by atoms with Gasteiger partial charge in [0.2, 0.25) is 5.91 Å². The monoisotopic (exact) mass is 790 g/mol. The van der Waals surface area contributed by atoms with E-state index in [1.165, 1.54) is 161 Å². The van der Waals surface area contributed by atoms with Gasteiger partial charge in [-0.15, -0.1) is 0 Å². The predicted molar refractivity (Wildman–Crippen MR) is 241 cm³/mol. The van der Waals surface area contributed by atoms with Gasteiger partial charge in [0.25, 0.3) is 0 Å². The minimum absolute atomic E-state index is 0.0216. The number of nitrogens with one attached hydrogen (secondary N) is 1. The number of allylic oxidation sites excluding steroid dienone is 4. The molecule has 3 N–H and O–H groups in total. The second-order valence-electron chi connectivity index (χ2n) is 16.8. The van der Waals surface area contributed by atoms with Crippen LogP contribution >= 0.6 is 0 Å². The van der Waals surface area contributed by atoms with Gasteiger partial charge in [0.15, 0.2) is 0 Å². The van der Waals surface area contributed by atoms with Crippen LogP contribution in [0.3, 0.4) is 0 Å². The summed E-state index contributed by atoms with van der Waals surface area (Å²) < 4.78 is 5.46. The number of aliphatic hydroxyl groups excluding tert-OH is 2. The number of unbranched alkanes of at least 4 members (excludes halogenated alkanes) is 30. The molecule has 2 atom stereocenters. The number of aliphatic hydroxyl groups is 2. The Morgan fingerprint density at radius 2 is 0.893 bits per heavy atom. The van der Waals surface area contributed by atoms with Crippen molar-refractivity contribution in [2.45, 2.75) is 270 Å². The molecule has 6 heteroatoms. The van der Waals surface area contributed by atoms with Crippen molar-refractivity contribution in [1.29, 1.82) is 0 Å². The molecule has 0 aromatic rings. The van der Waals surface area contributed by atoms with E-state index < -0.39 is 12.1 Å². The van der Waals surface area contributed by atoms with Gasteiger partial charge in [-0.05, 0) is 57.8 Å². The summed E-state index contributed by atoms with van der Waals surface area (Å²) in [5.41, 5.74) is 0. The number of carbonyl (C=O) groups excluding carboxylic acids is 2. The second-order valence-corrected chi connectivity index (χ2v) is 16.8. The molecule has 2 unspecified atom stereocenters. The third kappa shape index (κ3) is 42.0. The molecule has 0 aromatic carbocycles. The first-order chi connectivity index (χ1) is 27.5. The Balaban J connectivity index is 3.45. The number of hydrogen-bond donors (Lipinski definition) is 3. The van der Waals surface area contributed by atoms with E-state index in [-0.39, 0.29) is 18.5 Å². The molecular weight excluding hydrogens is 695 g/mol. The lowest BCUT2D eigenvalue weighted by molar-refractivity contribution is -0.143. The van der Waals surface area contributed by atoms with Gasteiger partial charge in [-0.2, -0.15) is 0 Å². The van der Waals surface area contributed by atoms with Crippen LogP contribution in [0, 0.1) is 0 Å². The maximum Gasteiger partial charge on any atom is 0.305 e. The zero-order chi connectivity index (χ0) is 40.8. The Labute approximate surface area is 348 Å². The molecule has 0 aromatic heterocycles. The van der Waals surface area contributed by atoms with Crippen molar-refractivity contribution in [3.63, 3.8) is 0 Å². The molecule has 6 nitrogen and oxygen atoms in total. The molecular formula is C50H95NO5. The van der Waals surface area contributed by atoms with Crippen molar-refractivity contribution in [3.8, 4) is 0 Å². The number of amides is 1. The van der Waals surface area contributed by atoms with Crippen LogP contribution < -0.4 is 5.32 Å². The number of rotatable bonds is 45. The largest absolute Gasteiger partial charge is 0.466 e. The van der Waals surface area contributed by atoms with Crippen LogP contribution in [0.2, 0.25) is 0 Å². The van der Waals surface area contributed by atoms with Crippen molar-refractivity contribution in [1.82, 2.24) is 5.32 Å². The SMILES string of the molecule is CCCCCC/C=C\C/C=C\CCCCCCCCCC(=O)OCCCCCCCCCCCCCC(=O)NC(CO)C(O)CCCCCCCCCCCC. The maximum atomic E-state index is 12.4. The lowest BCUT2D eigenvalue weighted by atomic mass is 10.0. The summed E-state index contributed by atoms with van der Waals surface area (Å²) in [6, 6.07) is -0.554. The first kappa shape index (κ1) is 54.3. The molecule has 56 heavy (non-hydrogen) atoms. The molecule has 0 spiro atoms. The van der Waals surface area contributed by atoms with Crippen LogP contribution in [0.4, 0.5) is 0 Å². The van der Waals surface area contributed by atoms with E-state index in [0.29, 0.717) is 25.9 Å². The fourth-order valence-electron chi connectivity index (χ4n) is 7.43. The van der Waals surface area contributed by atoms with Crippen molar-refractivity contribution >= 4 is 11.9 Å². The van der Waals surface area contributed by atoms with E-state index in [1.54, 1.807) is 0 Å². The Kier molecular flexibility index (Phi) is 44.7. The summed E-state index contributed by atoms with van der Waals surface area (Å²) in [6.07, 6.45) is 52.8. The smallest absolute Gasteiger partial charge is 0.305 e. The number of ether oxygens (including phenoxy) is 1. The standard InChI is InChI=1S/C50H95NO5/c1-3-5-7-9-11-13-15-16-17-18-19-20-21-24-28-32-36-40-44-50(55)56-45-41-37-33-29-25-22-23-27-31-35-39-43-49(54)51-47(46-52)48(53)42-38-34-30-26-14-12-10-8-6-4-2/h13,15,17-18,47-48,52-53H,3-12,14,16,19-46H2,1-2H3,(H,51,54)/b15-13-,18-17-. The summed E-state index contributed by atoms with van der Waals surface area (Å²) in [4.78, 5) is 24.4. The lowest BCUT2D eigenvalue weighted by Crippen LogP contribution is -2.45. The summed E-state index contributed by atoms with van der Waals surface area (Å²) in [7, 11) is 0. The quantitative estimate of drug-likeness (QED) is 0.0324. The van der Waals surface area contributed by atoms with Crippen molar-refractivity contribution in [2.75, 3.05) is 13.2 Å². The highest BCUT2D eigenvalue weighted by Gasteiger charge is 2.20. The van der Waals surface area contributed by atoms with E-state index in [9.17, 15) is 19.8 Å². The first-order valence-corrected chi connectivity index (χ1v) is 24.6. The van der Waals surface area contributed by atoms with Crippen LogP contribution in [0.5, 0.6) is 0 Å². The zero-order valence-electron chi connectivity index (χ0n) is 37.4. The van der Waals surface area contributed by atoms with Gasteiger partial charge in [0.05, 0.1) is 25.4 Å². The zero-order valence-corrected chi connectivity index (χ0v) is 37.4. The van der Waals surface area contributed by atoms with Gasteiger partial charge in [-0.1, -0.05) is 212 Å². The van der Waals surface area contributed by atoms with Gasteiger partial charge < -0.3 is 20.3 Å². The van der Waals surface area contributed by atoms with E-state index in [2.05, 4.69) is 43.5 Å². The highest BCUT2D eigenvalue weighted by atomic mass is 16.5. The molecule has 0 bridgehead atoms. The van der Waals surface area contributed by atoms with Gasteiger partial charge in [0.1, 0.15) is 0 Å². The molecule has 0 aliphatic heterocycles. The van der Waals surface area contributed by atoms with Crippen LogP contribution in [-0.4, -0.2) is 47.4 Å². The van der Waals surface area contributed by atoms with Crippen molar-refractivity contribution in [3.05, 3.63) is 24.3 Å². The van der Waals surface area contributed by atoms with Gasteiger partial charge in [-0.25, -0.2) is 0 Å². The minimum Gasteiger partial charge on any atom is -0.466 e. The Morgan fingerprint density at radius 3 is 1.38 bits per heavy atom. The van der Waals surface area contributed by atoms with Gasteiger partial charge in [-0.3, -0.25) is 9.59 Å². The molecule has 0 saturated heterocycles. The van der Waals surface area contributed by atoms with Crippen LogP contribution in [0.1, 0.15) is 258 Å². The topological polar surface area (TPSA) is 95.9 Å². The molecule has 1 amide bonds. The summed E-state index contributed by atoms with van der Waals surface area (Å²) in [6.45, 7) is 4.87. The van der Waals surface area contributed by atoms with E-state index in [1.807, 2.05) is 0 Å². The van der Waals surface area contributed by atoms with Crippen molar-refractivity contribution in [2.24, 2.45) is 0 Å². The lowest BCUT2D eigenvalue weighted by Gasteiger charge is -2.22. The highest BCUT2D eigenvalue weighted by molar-refractivity contribution is 5.76. The summed E-state index contributed by atoms with van der Waals surface area (Å²) in [5.74, 6) is -0.0781. The summed E-state index contributed by atoms with van der Waals surface area (Å²) in [5, 5.41) is 23.1. The van der Waals surface area contributed by atoms with Crippen LogP contribution in [0.25, 0.3) is 0 Å². The molecule has 0 heterocycles. The average molecular weight is 790 g/mol. The molecule has 0 radical (unpaired) electrons. The minimum atomic E-state index is -0.675. The highest BCUT2D eigenvalue weighted by Crippen LogP contribution is 2.15. The number of hydrogen-bond acceptors (Lipinski definition) is 5. The Morgan fingerprint density at radius 1 is 0.500 bits per heavy atom. The molecule has 0 fully saturated rings. The van der Waals surface area contributed by atoms with Crippen LogP contribution in [-0.2, 0) is 14.3 Å². The first-order valence-electron chi connectivity index (χ1n) is 24.6. The van der Waals surface area contributed by atoms with E-state index in [4.69, 9.17) is 4.74 Å². The second kappa shape index (κ2) is 46.0. The van der Waals surface area contributed by atoms with Crippen molar-refractivity contribution < 1.29 is 24.5 Å². The number of carbonyl (C=O) groups is 2. The van der Waals surface area contributed by atoms with Gasteiger partial charge >= 0.3 is 5.97 Å². The molecule has 0 aliphatic carbocycles. The third-order valence-corrected chi connectivity index (χ3v) is 11.3. The predicted octanol–water partition coefficient (Wildman–Crippen LogP) is 14.3. The Bertz CT molecular complexity index is 874. The molecule has 0 rings (SSSR count). The van der Waals surface area contributed by atoms with E-state index in [0.717, 1.165) is 64.2 Å². The number of esters is 1. The summed E-state index contributed by atoms with van der Waals surface area (Å²) >= 11 is 0. The third-order valence-electron chi connectivity index (χ3n) is 11.3. The average Bonchev–Trinajstić information content (AvgIpc) is 3.20.